The molecule has 1 heterocycles. The molecule has 0 radical (unpaired) electrons. The maximum Gasteiger partial charge on any atom is 0.410 e. The first kappa shape index (κ1) is 20.1. The molecule has 0 spiro atoms. The molecule has 1 aliphatic rings. The second-order valence-corrected chi connectivity index (χ2v) is 9.59. The Morgan fingerprint density at radius 1 is 1.00 bits per heavy atom. The van der Waals surface area contributed by atoms with Crippen LogP contribution in [-0.2, 0) is 33.3 Å². The molecule has 1 rings (SSSR count). The summed E-state index contributed by atoms with van der Waals surface area (Å²) in [5.41, 5.74) is -0.704. The Morgan fingerprint density at radius 3 is 1.91 bits per heavy atom. The molecule has 2 unspecified atom stereocenters. The van der Waals surface area contributed by atoms with Crippen molar-refractivity contribution in [2.24, 2.45) is 0 Å². The molecular weight excluding hydrogens is 350 g/mol. The van der Waals surface area contributed by atoms with Crippen molar-refractivity contribution in [3.8, 4) is 0 Å². The van der Waals surface area contributed by atoms with Crippen LogP contribution in [0.4, 0.5) is 4.79 Å². The maximum absolute atomic E-state index is 12.1. The molecule has 0 aromatic carbocycles. The minimum atomic E-state index is -3.85. The summed E-state index contributed by atoms with van der Waals surface area (Å²) in [5.74, 6) is 0. The van der Waals surface area contributed by atoms with E-state index in [1.165, 1.54) is 4.90 Å². The number of hydrogen-bond acceptors (Lipinski definition) is 8. The van der Waals surface area contributed by atoms with Crippen LogP contribution in [0.15, 0.2) is 0 Å². The largest absolute Gasteiger partial charge is 0.444 e. The summed E-state index contributed by atoms with van der Waals surface area (Å²) in [6.07, 6.45) is -0.925. The van der Waals surface area contributed by atoms with E-state index >= 15 is 0 Å². The zero-order chi connectivity index (χ0) is 18.1. The fourth-order valence-electron chi connectivity index (χ4n) is 2.04. The lowest BCUT2D eigenvalue weighted by Crippen LogP contribution is -2.52. The Balaban J connectivity index is 2.88. The zero-order valence-corrected chi connectivity index (χ0v) is 15.4. The van der Waals surface area contributed by atoms with E-state index in [0.29, 0.717) is 0 Å². The van der Waals surface area contributed by atoms with Crippen LogP contribution < -0.4 is 0 Å². The predicted octanol–water partition coefficient (Wildman–Crippen LogP) is 0.317. The second kappa shape index (κ2) is 6.91. The van der Waals surface area contributed by atoms with E-state index in [0.717, 1.165) is 12.5 Å². The topological polar surface area (TPSA) is 116 Å². The molecule has 1 saturated heterocycles. The molecule has 1 aliphatic heterocycles. The Morgan fingerprint density at radius 2 is 1.48 bits per heavy atom. The quantitative estimate of drug-likeness (QED) is 0.647. The Labute approximate surface area is 137 Å². The van der Waals surface area contributed by atoms with Gasteiger partial charge in [-0.3, -0.25) is 8.37 Å². The van der Waals surface area contributed by atoms with Gasteiger partial charge in [-0.1, -0.05) is 0 Å². The fraction of sp³-hybridized carbons (Fsp3) is 0.917. The fourth-order valence-corrected chi connectivity index (χ4v) is 3.34. The van der Waals surface area contributed by atoms with Crippen molar-refractivity contribution in [2.75, 3.05) is 25.6 Å². The van der Waals surface area contributed by atoms with Gasteiger partial charge in [0, 0.05) is 6.54 Å². The van der Waals surface area contributed by atoms with E-state index in [1.54, 1.807) is 20.8 Å². The van der Waals surface area contributed by atoms with Gasteiger partial charge in [-0.05, 0) is 27.2 Å². The number of nitrogens with zero attached hydrogens (tertiary/aromatic N) is 1. The van der Waals surface area contributed by atoms with E-state index in [2.05, 4.69) is 0 Å². The number of rotatable bonds is 4. The van der Waals surface area contributed by atoms with Crippen LogP contribution >= 0.6 is 0 Å². The van der Waals surface area contributed by atoms with E-state index in [4.69, 9.17) is 13.1 Å². The number of carbonyl (C=O) groups is 1. The van der Waals surface area contributed by atoms with Gasteiger partial charge in [0.2, 0.25) is 0 Å². The first-order valence-electron chi connectivity index (χ1n) is 6.91. The minimum Gasteiger partial charge on any atom is -0.444 e. The van der Waals surface area contributed by atoms with Gasteiger partial charge >= 0.3 is 6.09 Å². The van der Waals surface area contributed by atoms with Gasteiger partial charge in [-0.15, -0.1) is 0 Å². The van der Waals surface area contributed by atoms with Crippen molar-refractivity contribution < 1.29 is 34.7 Å². The number of ether oxygens (including phenoxy) is 1. The molecule has 0 aliphatic carbocycles. The van der Waals surface area contributed by atoms with Crippen molar-refractivity contribution in [3.63, 3.8) is 0 Å². The van der Waals surface area contributed by atoms with Crippen molar-refractivity contribution in [3.05, 3.63) is 0 Å². The van der Waals surface area contributed by atoms with E-state index in [-0.39, 0.29) is 19.5 Å². The summed E-state index contributed by atoms with van der Waals surface area (Å²) in [7, 11) is -7.64. The van der Waals surface area contributed by atoms with Crippen LogP contribution in [0.5, 0.6) is 0 Å². The standard InChI is InChI=1S/C12H23NO8S2/c1-12(2,3)19-11(14)13-7-6-9(20-22(4,15)16)10(8-13)21-23(5,17)18/h9-10H,6-8H2,1-5H3. The number of hydrogen-bond donors (Lipinski definition) is 0. The molecule has 9 nitrogen and oxygen atoms in total. The number of amides is 1. The molecule has 2 atom stereocenters. The molecule has 136 valence electrons. The average molecular weight is 373 g/mol. The van der Waals surface area contributed by atoms with Crippen molar-refractivity contribution >= 4 is 26.3 Å². The first-order valence-corrected chi connectivity index (χ1v) is 10.5. The SMILES string of the molecule is CC(C)(C)OC(=O)N1CCC(OS(C)(=O)=O)C(OS(C)(=O)=O)C1. The van der Waals surface area contributed by atoms with Gasteiger partial charge in [-0.2, -0.15) is 16.8 Å². The molecule has 23 heavy (non-hydrogen) atoms. The molecule has 1 fully saturated rings. The number of carbonyl (C=O) groups excluding carboxylic acids is 1. The Kier molecular flexibility index (Phi) is 6.05. The smallest absolute Gasteiger partial charge is 0.410 e. The highest BCUT2D eigenvalue weighted by Gasteiger charge is 2.38. The Hall–Kier alpha value is -0.910. The Bertz CT molecular complexity index is 634. The van der Waals surface area contributed by atoms with Crippen LogP contribution in [0, 0.1) is 0 Å². The van der Waals surface area contributed by atoms with Gasteiger partial charge < -0.3 is 9.64 Å². The normalized spacial score (nSPS) is 23.6. The lowest BCUT2D eigenvalue weighted by Gasteiger charge is -2.37. The molecule has 0 N–H and O–H groups in total. The highest BCUT2D eigenvalue weighted by atomic mass is 32.2. The van der Waals surface area contributed by atoms with E-state index in [9.17, 15) is 21.6 Å². The van der Waals surface area contributed by atoms with Crippen LogP contribution in [0.2, 0.25) is 0 Å². The summed E-state index contributed by atoms with van der Waals surface area (Å²) in [4.78, 5) is 13.3. The molecule has 0 aromatic rings. The summed E-state index contributed by atoms with van der Waals surface area (Å²) in [5, 5.41) is 0. The van der Waals surface area contributed by atoms with Crippen molar-refractivity contribution in [2.45, 2.75) is 45.0 Å². The van der Waals surface area contributed by atoms with Gasteiger partial charge in [0.15, 0.2) is 0 Å². The van der Waals surface area contributed by atoms with Gasteiger partial charge in [0.05, 0.1) is 19.1 Å². The van der Waals surface area contributed by atoms with Gasteiger partial charge in [-0.25, -0.2) is 4.79 Å². The van der Waals surface area contributed by atoms with Gasteiger partial charge in [0.25, 0.3) is 20.2 Å². The highest BCUT2D eigenvalue weighted by molar-refractivity contribution is 7.86. The third-order valence-corrected chi connectivity index (χ3v) is 3.94. The van der Waals surface area contributed by atoms with Crippen LogP contribution in [0.25, 0.3) is 0 Å². The maximum atomic E-state index is 12.1. The number of piperidine rings is 1. The second-order valence-electron chi connectivity index (χ2n) is 6.39. The lowest BCUT2D eigenvalue weighted by molar-refractivity contribution is -0.0236. The first-order chi connectivity index (χ1) is 10.2. The predicted molar refractivity (Wildman–Crippen MR) is 81.9 cm³/mol. The van der Waals surface area contributed by atoms with E-state index < -0.39 is 44.1 Å². The van der Waals surface area contributed by atoms with Crippen LogP contribution in [0.3, 0.4) is 0 Å². The highest BCUT2D eigenvalue weighted by Crippen LogP contribution is 2.22. The zero-order valence-electron chi connectivity index (χ0n) is 13.8. The van der Waals surface area contributed by atoms with Crippen LogP contribution in [0.1, 0.15) is 27.2 Å². The third kappa shape index (κ3) is 7.95. The molecule has 11 heteroatoms. The third-order valence-electron chi connectivity index (χ3n) is 2.75. The molecule has 0 aromatic heterocycles. The summed E-state index contributed by atoms with van der Waals surface area (Å²) < 4.78 is 60.2. The summed E-state index contributed by atoms with van der Waals surface area (Å²) in [6, 6.07) is 0. The van der Waals surface area contributed by atoms with Crippen molar-refractivity contribution in [1.82, 2.24) is 4.90 Å². The number of likely N-dealkylation sites (tertiary alicyclic amines) is 1. The molecular formula is C12H23NO8S2. The minimum absolute atomic E-state index is 0.104. The summed E-state index contributed by atoms with van der Waals surface area (Å²) >= 11 is 0. The van der Waals surface area contributed by atoms with E-state index in [1.807, 2.05) is 0 Å². The lowest BCUT2D eigenvalue weighted by atomic mass is 10.1. The van der Waals surface area contributed by atoms with Gasteiger partial charge in [0.1, 0.15) is 17.8 Å². The molecule has 0 bridgehead atoms. The molecule has 1 amide bonds. The summed E-state index contributed by atoms with van der Waals surface area (Å²) in [6.45, 7) is 5.12. The van der Waals surface area contributed by atoms with Crippen molar-refractivity contribution in [1.29, 1.82) is 0 Å². The average Bonchev–Trinajstić information content (AvgIpc) is 2.25. The van der Waals surface area contributed by atoms with Crippen LogP contribution in [-0.4, -0.2) is 71.2 Å². The molecule has 0 saturated carbocycles. The monoisotopic (exact) mass is 373 g/mol.